The summed E-state index contributed by atoms with van der Waals surface area (Å²) in [6.07, 6.45) is 3.95. The van der Waals surface area contributed by atoms with Gasteiger partial charge in [-0.3, -0.25) is 14.5 Å². The first-order valence-electron chi connectivity index (χ1n) is 8.86. The summed E-state index contributed by atoms with van der Waals surface area (Å²) in [6.45, 7) is 2.41. The van der Waals surface area contributed by atoms with E-state index in [9.17, 15) is 14.4 Å². The molecular weight excluding hydrogens is 352 g/mol. The number of ether oxygens (including phenoxy) is 1. The van der Waals surface area contributed by atoms with E-state index in [1.807, 2.05) is 4.90 Å². The molecule has 1 aromatic rings. The van der Waals surface area contributed by atoms with Gasteiger partial charge in [-0.1, -0.05) is 0 Å². The zero-order valence-electron chi connectivity index (χ0n) is 15.8. The van der Waals surface area contributed by atoms with Gasteiger partial charge in [-0.2, -0.15) is 0 Å². The summed E-state index contributed by atoms with van der Waals surface area (Å²) < 4.78 is 5.27. The highest BCUT2D eigenvalue weighted by molar-refractivity contribution is 6.05. The predicted octanol–water partition coefficient (Wildman–Crippen LogP) is -0.194. The van der Waals surface area contributed by atoms with Crippen LogP contribution in [0.2, 0.25) is 0 Å². The van der Waals surface area contributed by atoms with Gasteiger partial charge in [-0.05, 0) is 6.42 Å². The van der Waals surface area contributed by atoms with Crippen LogP contribution in [0.3, 0.4) is 0 Å². The molecule has 0 spiro atoms. The Morgan fingerprint density at radius 1 is 1.15 bits per heavy atom. The van der Waals surface area contributed by atoms with Crippen molar-refractivity contribution >= 4 is 23.7 Å². The number of anilines is 1. The minimum atomic E-state index is -0.727. The molecule has 2 saturated heterocycles. The molecule has 0 bridgehead atoms. The van der Waals surface area contributed by atoms with E-state index in [-0.39, 0.29) is 24.3 Å². The molecule has 0 saturated carbocycles. The Kier molecular flexibility index (Phi) is 5.43. The maximum Gasteiger partial charge on any atom is 0.326 e. The fourth-order valence-corrected chi connectivity index (χ4v) is 3.43. The second-order valence-corrected chi connectivity index (χ2v) is 6.62. The Bertz CT molecular complexity index is 742. The molecule has 2 aliphatic rings. The van der Waals surface area contributed by atoms with Crippen molar-refractivity contribution in [2.45, 2.75) is 18.9 Å². The Labute approximate surface area is 157 Å². The molecular formula is C17H24N6O4. The molecule has 1 aromatic heterocycles. The van der Waals surface area contributed by atoms with Crippen molar-refractivity contribution in [3.8, 4) is 5.88 Å². The van der Waals surface area contributed by atoms with E-state index in [1.165, 1.54) is 11.9 Å². The molecule has 4 amide bonds. The summed E-state index contributed by atoms with van der Waals surface area (Å²) in [6, 6.07) is -1.11. The Balaban J connectivity index is 1.63. The lowest BCUT2D eigenvalue weighted by Gasteiger charge is -2.24. The Hall–Kier alpha value is -2.91. The van der Waals surface area contributed by atoms with Crippen molar-refractivity contribution in [2.24, 2.45) is 0 Å². The number of methoxy groups -OCH3 is 1. The molecule has 146 valence electrons. The lowest BCUT2D eigenvalue weighted by atomic mass is 10.1. The minimum absolute atomic E-state index is 0.000122. The largest absolute Gasteiger partial charge is 0.478 e. The molecule has 1 unspecified atom stereocenters. The highest BCUT2D eigenvalue weighted by Gasteiger charge is 2.42. The third-order valence-electron chi connectivity index (χ3n) is 5.03. The molecule has 3 rings (SSSR count). The van der Waals surface area contributed by atoms with E-state index in [0.29, 0.717) is 31.3 Å². The van der Waals surface area contributed by atoms with Crippen LogP contribution >= 0.6 is 0 Å². The summed E-state index contributed by atoms with van der Waals surface area (Å²) in [5, 5.41) is 0. The van der Waals surface area contributed by atoms with Crippen LogP contribution in [0.1, 0.15) is 12.8 Å². The van der Waals surface area contributed by atoms with E-state index in [0.717, 1.165) is 17.9 Å². The van der Waals surface area contributed by atoms with Gasteiger partial charge < -0.3 is 19.4 Å². The minimum Gasteiger partial charge on any atom is -0.478 e. The van der Waals surface area contributed by atoms with E-state index >= 15 is 0 Å². The molecule has 2 aliphatic heterocycles. The first-order chi connectivity index (χ1) is 12.9. The average Bonchev–Trinajstić information content (AvgIpc) is 2.89. The van der Waals surface area contributed by atoms with Crippen molar-refractivity contribution in [3.05, 3.63) is 12.4 Å². The number of aromatic nitrogens is 2. The van der Waals surface area contributed by atoms with Gasteiger partial charge in [0, 0.05) is 52.7 Å². The topological polar surface area (TPSA) is 99.2 Å². The van der Waals surface area contributed by atoms with Crippen molar-refractivity contribution in [2.75, 3.05) is 52.3 Å². The van der Waals surface area contributed by atoms with Gasteiger partial charge in [0.25, 0.3) is 11.8 Å². The van der Waals surface area contributed by atoms with Gasteiger partial charge in [-0.15, -0.1) is 0 Å². The van der Waals surface area contributed by atoms with E-state index in [2.05, 4.69) is 9.97 Å². The van der Waals surface area contributed by atoms with Crippen LogP contribution in [0.4, 0.5) is 10.6 Å². The summed E-state index contributed by atoms with van der Waals surface area (Å²) >= 11 is 0. The fourth-order valence-electron chi connectivity index (χ4n) is 3.43. The van der Waals surface area contributed by atoms with Crippen LogP contribution in [-0.2, 0) is 9.59 Å². The number of amides is 4. The first kappa shape index (κ1) is 18.9. The zero-order valence-corrected chi connectivity index (χ0v) is 15.8. The number of rotatable bonds is 4. The molecule has 10 heteroatoms. The van der Waals surface area contributed by atoms with Crippen molar-refractivity contribution < 1.29 is 19.1 Å². The number of hydrogen-bond acceptors (Lipinski definition) is 7. The third kappa shape index (κ3) is 3.64. The quantitative estimate of drug-likeness (QED) is 0.672. The van der Waals surface area contributed by atoms with Gasteiger partial charge in [0.2, 0.25) is 5.91 Å². The van der Waals surface area contributed by atoms with Gasteiger partial charge in [0.15, 0.2) is 5.82 Å². The van der Waals surface area contributed by atoms with Crippen molar-refractivity contribution in [1.29, 1.82) is 0 Å². The number of hydrogen-bond donors (Lipinski definition) is 0. The molecule has 1 atom stereocenters. The molecule has 2 fully saturated rings. The molecule has 0 aromatic carbocycles. The van der Waals surface area contributed by atoms with Crippen LogP contribution in [0.5, 0.6) is 5.88 Å². The maximum absolute atomic E-state index is 12.7. The lowest BCUT2D eigenvalue weighted by Crippen LogP contribution is -2.41. The number of carbonyl (C=O) groups is 3. The second kappa shape index (κ2) is 7.77. The van der Waals surface area contributed by atoms with Crippen LogP contribution in [0, 0.1) is 0 Å². The Morgan fingerprint density at radius 2 is 1.89 bits per heavy atom. The molecule has 0 N–H and O–H groups in total. The van der Waals surface area contributed by atoms with Crippen LogP contribution in [-0.4, -0.2) is 95.9 Å². The van der Waals surface area contributed by atoms with E-state index in [4.69, 9.17) is 4.74 Å². The predicted molar refractivity (Wildman–Crippen MR) is 96.3 cm³/mol. The average molecular weight is 376 g/mol. The number of nitrogens with zero attached hydrogens (tertiary/aromatic N) is 6. The third-order valence-corrected chi connectivity index (χ3v) is 5.03. The fraction of sp³-hybridized carbons (Fsp3) is 0.588. The molecule has 3 heterocycles. The van der Waals surface area contributed by atoms with E-state index in [1.54, 1.807) is 31.5 Å². The van der Waals surface area contributed by atoms with Crippen LogP contribution < -0.4 is 9.64 Å². The molecule has 27 heavy (non-hydrogen) atoms. The number of urea groups is 1. The smallest absolute Gasteiger partial charge is 0.326 e. The summed E-state index contributed by atoms with van der Waals surface area (Å²) in [5.41, 5.74) is 0. The highest BCUT2D eigenvalue weighted by Crippen LogP contribution is 2.24. The van der Waals surface area contributed by atoms with Crippen molar-refractivity contribution in [3.63, 3.8) is 0 Å². The summed E-state index contributed by atoms with van der Waals surface area (Å²) in [7, 11) is 4.53. The SMILES string of the molecule is COc1nccnc1N1CCCN(C(=O)CC2C(=O)N(C)C(=O)N2C)CC1. The monoisotopic (exact) mass is 376 g/mol. The normalized spacial score (nSPS) is 20.9. The Morgan fingerprint density at radius 3 is 2.56 bits per heavy atom. The first-order valence-corrected chi connectivity index (χ1v) is 8.86. The summed E-state index contributed by atoms with van der Waals surface area (Å²) in [4.78, 5) is 51.5. The molecule has 0 radical (unpaired) electrons. The number of imide groups is 1. The van der Waals surface area contributed by atoms with E-state index < -0.39 is 6.04 Å². The number of carbonyl (C=O) groups excluding carboxylic acids is 3. The second-order valence-electron chi connectivity index (χ2n) is 6.62. The molecule has 10 nitrogen and oxygen atoms in total. The van der Waals surface area contributed by atoms with Crippen LogP contribution in [0.15, 0.2) is 12.4 Å². The maximum atomic E-state index is 12.7. The zero-order chi connectivity index (χ0) is 19.6. The lowest BCUT2D eigenvalue weighted by molar-refractivity contribution is -0.136. The van der Waals surface area contributed by atoms with Gasteiger partial charge in [-0.25, -0.2) is 14.8 Å². The van der Waals surface area contributed by atoms with Gasteiger partial charge >= 0.3 is 6.03 Å². The highest BCUT2D eigenvalue weighted by atomic mass is 16.5. The van der Waals surface area contributed by atoms with Crippen LogP contribution in [0.25, 0.3) is 0 Å². The summed E-state index contributed by atoms with van der Waals surface area (Å²) in [5.74, 6) is 0.650. The number of likely N-dealkylation sites (N-methyl/N-ethyl adjacent to an activating group) is 2. The standard InChI is InChI=1S/C17H24N6O4/c1-20-12(16(25)21(2)17(20)26)11-13(24)22-7-4-8-23(10-9-22)14-15(27-3)19-6-5-18-14/h5-6,12H,4,7-11H2,1-3H3. The van der Waals surface area contributed by atoms with Gasteiger partial charge in [0.05, 0.1) is 13.5 Å². The van der Waals surface area contributed by atoms with Crippen molar-refractivity contribution in [1.82, 2.24) is 24.7 Å². The van der Waals surface area contributed by atoms with Gasteiger partial charge in [0.1, 0.15) is 6.04 Å². The molecule has 0 aliphatic carbocycles.